The van der Waals surface area contributed by atoms with Crippen molar-refractivity contribution in [3.05, 3.63) is 11.5 Å². The van der Waals surface area contributed by atoms with Gasteiger partial charge in [0, 0.05) is 5.41 Å². The second kappa shape index (κ2) is 4.75. The number of carbonyl (C=O) groups excluding carboxylic acids is 1. The third-order valence-electron chi connectivity index (χ3n) is 3.89. The highest BCUT2D eigenvalue weighted by atomic mass is 16.5. The molecule has 0 aromatic carbocycles. The number of fused-ring (bicyclic) bond motifs is 1. The number of carboxylic acid groups (broad SMARTS) is 1. The fraction of sp³-hybridized carbons (Fsp3) is 0.692. The van der Waals surface area contributed by atoms with Gasteiger partial charge in [-0.3, -0.25) is 9.69 Å². The van der Waals surface area contributed by atoms with Gasteiger partial charge >= 0.3 is 5.97 Å². The number of nitrogens with zero attached hydrogens (tertiary/aromatic N) is 1. The quantitative estimate of drug-likeness (QED) is 0.605. The van der Waals surface area contributed by atoms with E-state index in [-0.39, 0.29) is 11.5 Å². The third-order valence-corrected chi connectivity index (χ3v) is 3.89. The van der Waals surface area contributed by atoms with Crippen LogP contribution in [0.2, 0.25) is 0 Å². The molecule has 0 aromatic rings. The fourth-order valence-electron chi connectivity index (χ4n) is 2.74. The van der Waals surface area contributed by atoms with Crippen molar-refractivity contribution in [2.45, 2.75) is 39.5 Å². The summed E-state index contributed by atoms with van der Waals surface area (Å²) in [7, 11) is 0. The second-order valence-corrected chi connectivity index (χ2v) is 5.89. The van der Waals surface area contributed by atoms with E-state index in [4.69, 9.17) is 10.5 Å². The lowest BCUT2D eigenvalue weighted by molar-refractivity contribution is -0.183. The number of amides is 1. The van der Waals surface area contributed by atoms with E-state index in [1.54, 1.807) is 0 Å². The maximum Gasteiger partial charge on any atom is 0.356 e. The molecule has 1 amide bonds. The Morgan fingerprint density at radius 3 is 2.60 bits per heavy atom. The zero-order valence-corrected chi connectivity index (χ0v) is 11.8. The summed E-state index contributed by atoms with van der Waals surface area (Å²) >= 11 is 0. The molecule has 1 fully saturated rings. The molecule has 2 aliphatic heterocycles. The zero-order chi connectivity index (χ0) is 15.2. The maximum atomic E-state index is 12.0. The summed E-state index contributed by atoms with van der Waals surface area (Å²) in [6.07, 6.45) is -1.07. The number of carboxylic acids is 1. The number of rotatable bonds is 5. The minimum Gasteiger partial charge on any atom is -0.476 e. The van der Waals surface area contributed by atoms with Crippen molar-refractivity contribution in [2.75, 3.05) is 6.54 Å². The molecule has 0 spiro atoms. The summed E-state index contributed by atoms with van der Waals surface area (Å²) in [6.45, 7) is 5.52. The number of allylic oxidation sites excluding steroid dienone is 1. The highest BCUT2D eigenvalue weighted by molar-refractivity contribution is 5.98. The normalized spacial score (nSPS) is 27.1. The Morgan fingerprint density at radius 1 is 1.55 bits per heavy atom. The molecule has 0 unspecified atom stereocenters. The SMILES string of the molecule is C[C@@H](O)[C@H]1C(=O)N2C(C(=O)O)=C(C(C)(C)CCN)O[C@H]12. The van der Waals surface area contributed by atoms with Crippen LogP contribution in [0.1, 0.15) is 27.2 Å². The number of aliphatic hydroxyl groups is 1. The molecular weight excluding hydrogens is 264 g/mol. The Kier molecular flexibility index (Phi) is 3.51. The van der Waals surface area contributed by atoms with Crippen molar-refractivity contribution in [1.82, 2.24) is 4.90 Å². The van der Waals surface area contributed by atoms with Gasteiger partial charge in [0.05, 0.1) is 6.10 Å². The van der Waals surface area contributed by atoms with Gasteiger partial charge in [0.2, 0.25) is 5.91 Å². The largest absolute Gasteiger partial charge is 0.476 e. The second-order valence-electron chi connectivity index (χ2n) is 5.89. The van der Waals surface area contributed by atoms with Gasteiger partial charge in [-0.2, -0.15) is 0 Å². The molecule has 0 saturated carbocycles. The fourth-order valence-corrected chi connectivity index (χ4v) is 2.74. The molecule has 7 heteroatoms. The molecule has 1 saturated heterocycles. The first-order chi connectivity index (χ1) is 9.22. The number of hydrogen-bond acceptors (Lipinski definition) is 5. The number of nitrogens with two attached hydrogens (primary N) is 1. The number of aliphatic hydroxyl groups excluding tert-OH is 1. The molecule has 0 aromatic heterocycles. The van der Waals surface area contributed by atoms with Crippen LogP contribution in [0.15, 0.2) is 11.5 Å². The molecule has 4 N–H and O–H groups in total. The van der Waals surface area contributed by atoms with Crippen molar-refractivity contribution >= 4 is 11.9 Å². The average molecular weight is 284 g/mol. The Labute approximate surface area is 117 Å². The molecule has 7 nitrogen and oxygen atoms in total. The monoisotopic (exact) mass is 284 g/mol. The average Bonchev–Trinajstić information content (AvgIpc) is 2.64. The number of carbonyl (C=O) groups is 2. The van der Waals surface area contributed by atoms with E-state index < -0.39 is 35.5 Å². The van der Waals surface area contributed by atoms with Crippen LogP contribution in [0.25, 0.3) is 0 Å². The first kappa shape index (κ1) is 14.8. The highest BCUT2D eigenvalue weighted by Gasteiger charge is 2.60. The smallest absolute Gasteiger partial charge is 0.356 e. The van der Waals surface area contributed by atoms with Crippen molar-refractivity contribution in [3.8, 4) is 0 Å². The molecule has 2 rings (SSSR count). The summed E-state index contributed by atoms with van der Waals surface area (Å²) in [6, 6.07) is 0. The minimum atomic E-state index is -1.20. The van der Waals surface area contributed by atoms with Crippen LogP contribution in [-0.2, 0) is 14.3 Å². The first-order valence-electron chi connectivity index (χ1n) is 6.58. The van der Waals surface area contributed by atoms with Gasteiger partial charge in [0.1, 0.15) is 11.7 Å². The van der Waals surface area contributed by atoms with Gasteiger partial charge in [-0.25, -0.2) is 4.79 Å². The summed E-state index contributed by atoms with van der Waals surface area (Å²) in [4.78, 5) is 24.6. The molecule has 0 bridgehead atoms. The highest BCUT2D eigenvalue weighted by Crippen LogP contribution is 2.47. The first-order valence-corrected chi connectivity index (χ1v) is 6.58. The van der Waals surface area contributed by atoms with E-state index in [1.807, 2.05) is 13.8 Å². The Hall–Kier alpha value is -1.60. The molecule has 2 aliphatic rings. The number of aliphatic carboxylic acids is 1. The molecular formula is C13H20N2O5. The Bertz CT molecular complexity index is 483. The topological polar surface area (TPSA) is 113 Å². The summed E-state index contributed by atoms with van der Waals surface area (Å²) in [5.74, 6) is -2.07. The van der Waals surface area contributed by atoms with E-state index >= 15 is 0 Å². The zero-order valence-electron chi connectivity index (χ0n) is 11.8. The molecule has 2 heterocycles. The van der Waals surface area contributed by atoms with Crippen LogP contribution in [0, 0.1) is 11.3 Å². The van der Waals surface area contributed by atoms with Crippen LogP contribution in [-0.4, -0.2) is 45.9 Å². The van der Waals surface area contributed by atoms with Gasteiger partial charge in [0.25, 0.3) is 0 Å². The molecule has 0 radical (unpaired) electrons. The van der Waals surface area contributed by atoms with Crippen molar-refractivity contribution in [2.24, 2.45) is 17.1 Å². The summed E-state index contributed by atoms with van der Waals surface area (Å²) in [5, 5.41) is 18.9. The van der Waals surface area contributed by atoms with E-state index in [9.17, 15) is 19.8 Å². The predicted molar refractivity (Wildman–Crippen MR) is 69.0 cm³/mol. The lowest BCUT2D eigenvalue weighted by atomic mass is 9.85. The van der Waals surface area contributed by atoms with E-state index in [1.165, 1.54) is 6.92 Å². The molecule has 0 aliphatic carbocycles. The third kappa shape index (κ3) is 1.97. The van der Waals surface area contributed by atoms with Gasteiger partial charge in [0.15, 0.2) is 11.9 Å². The van der Waals surface area contributed by atoms with Crippen molar-refractivity contribution in [1.29, 1.82) is 0 Å². The van der Waals surface area contributed by atoms with Crippen molar-refractivity contribution in [3.63, 3.8) is 0 Å². The van der Waals surface area contributed by atoms with Gasteiger partial charge in [-0.05, 0) is 19.9 Å². The van der Waals surface area contributed by atoms with Crippen LogP contribution in [0.5, 0.6) is 0 Å². The Morgan fingerprint density at radius 2 is 2.15 bits per heavy atom. The molecule has 112 valence electrons. The maximum absolute atomic E-state index is 12.0. The van der Waals surface area contributed by atoms with Crippen LogP contribution in [0.4, 0.5) is 0 Å². The van der Waals surface area contributed by atoms with Crippen molar-refractivity contribution < 1.29 is 24.5 Å². The standard InChI is InChI=1S/C13H20N2O5/c1-6(16)7-10(17)15-8(12(18)19)9(20-11(7)15)13(2,3)4-5-14/h6-7,11,16H,4-5,14H2,1-3H3,(H,18,19)/t6-,7+,11-/m1/s1. The Balaban J connectivity index is 2.38. The van der Waals surface area contributed by atoms with E-state index in [0.29, 0.717) is 13.0 Å². The number of ether oxygens (including phenoxy) is 1. The number of β-lactam (4-membered cyclic amide) rings is 1. The summed E-state index contributed by atoms with van der Waals surface area (Å²) < 4.78 is 5.68. The minimum absolute atomic E-state index is 0.129. The van der Waals surface area contributed by atoms with Gasteiger partial charge < -0.3 is 20.7 Å². The lowest BCUT2D eigenvalue weighted by Gasteiger charge is -2.42. The number of hydrogen-bond donors (Lipinski definition) is 3. The van der Waals surface area contributed by atoms with Gasteiger partial charge in [-0.1, -0.05) is 13.8 Å². The van der Waals surface area contributed by atoms with Gasteiger partial charge in [-0.15, -0.1) is 0 Å². The van der Waals surface area contributed by atoms with Crippen LogP contribution >= 0.6 is 0 Å². The van der Waals surface area contributed by atoms with E-state index in [0.717, 1.165) is 4.90 Å². The van der Waals surface area contributed by atoms with Crippen LogP contribution in [0.3, 0.4) is 0 Å². The van der Waals surface area contributed by atoms with Crippen LogP contribution < -0.4 is 5.73 Å². The molecule has 3 atom stereocenters. The predicted octanol–water partition coefficient (Wildman–Crippen LogP) is -0.147. The van der Waals surface area contributed by atoms with E-state index in [2.05, 4.69) is 0 Å². The molecule has 20 heavy (non-hydrogen) atoms. The summed E-state index contributed by atoms with van der Waals surface area (Å²) in [5.41, 5.74) is 4.84. The lowest BCUT2D eigenvalue weighted by Crippen LogP contribution is -2.62.